The minimum atomic E-state index is -1.09. The largest absolute Gasteiger partial charge is 0.611 e. The first-order valence-corrected chi connectivity index (χ1v) is 16.2. The molecule has 10 nitrogen and oxygen atoms in total. The molecule has 1 aromatic carbocycles. The molecule has 1 aromatic heterocycles. The Morgan fingerprint density at radius 1 is 1.19 bits per heavy atom. The molecule has 4 heterocycles. The first-order valence-electron chi connectivity index (χ1n) is 14.9. The molecule has 2 N–H and O–H groups in total. The Kier molecular flexibility index (Phi) is 9.70. The van der Waals surface area contributed by atoms with Gasteiger partial charge < -0.3 is 24.4 Å². The Bertz CT molecular complexity index is 1340. The Labute approximate surface area is 251 Å². The molecule has 3 aliphatic rings. The molecule has 2 aromatic rings. The van der Waals surface area contributed by atoms with Gasteiger partial charge in [-0.25, -0.2) is 0 Å². The third-order valence-corrected chi connectivity index (χ3v) is 10.1. The van der Waals surface area contributed by atoms with E-state index in [4.69, 9.17) is 15.1 Å². The van der Waals surface area contributed by atoms with Crippen molar-refractivity contribution in [3.05, 3.63) is 63.3 Å². The molecular formula is C31H43N7O3S. The van der Waals surface area contributed by atoms with Gasteiger partial charge in [-0.2, -0.15) is 10.1 Å². The van der Waals surface area contributed by atoms with Gasteiger partial charge in [-0.1, -0.05) is 12.1 Å². The van der Waals surface area contributed by atoms with Crippen LogP contribution in [0.15, 0.2) is 45.9 Å². The second kappa shape index (κ2) is 13.4. The number of likely N-dealkylation sites (tertiary alicyclic amines) is 1. The van der Waals surface area contributed by atoms with E-state index in [2.05, 4.69) is 22.5 Å². The van der Waals surface area contributed by atoms with Gasteiger partial charge in [-0.05, 0) is 85.5 Å². The van der Waals surface area contributed by atoms with Crippen molar-refractivity contribution in [1.82, 2.24) is 24.9 Å². The summed E-state index contributed by atoms with van der Waals surface area (Å²) in [7, 11) is 3.70. The van der Waals surface area contributed by atoms with E-state index in [1.807, 2.05) is 51.2 Å². The maximum absolute atomic E-state index is 13.0. The minimum absolute atomic E-state index is 0.0218. The molecule has 226 valence electrons. The molecule has 42 heavy (non-hydrogen) atoms. The first-order chi connectivity index (χ1) is 20.2. The number of piperidine rings is 1. The van der Waals surface area contributed by atoms with E-state index in [0.717, 1.165) is 66.9 Å². The van der Waals surface area contributed by atoms with Crippen molar-refractivity contribution in [2.24, 2.45) is 12.0 Å². The Balaban J connectivity index is 1.19. The maximum Gasteiger partial charge on any atom is 0.253 e. The zero-order valence-electron chi connectivity index (χ0n) is 25.2. The van der Waals surface area contributed by atoms with E-state index >= 15 is 0 Å². The number of allylic oxidation sites excluding steroid dienone is 1. The standard InChI is InChI=1S/C31H43N7O3S/c1-21-13-18-42(40)28(21)29(33-26-11-16-41-17-12-26)34-31(32)38-14-9-24(10-15-38)23-5-7-25(8-6-23)30(39)36(3)20-27-22(2)19-37(4)35-27/h5-8,19,24,26H,9-18,20H2,1-4H3,(H2,32,33,34). The summed E-state index contributed by atoms with van der Waals surface area (Å²) in [4.78, 5) is 22.3. The quantitative estimate of drug-likeness (QED) is 0.299. The van der Waals surface area contributed by atoms with Crippen molar-refractivity contribution in [3.8, 4) is 0 Å². The molecule has 3 aliphatic heterocycles. The van der Waals surface area contributed by atoms with Gasteiger partial charge in [0.2, 0.25) is 5.96 Å². The number of guanidine groups is 1. The normalized spacial score (nSPS) is 20.7. The van der Waals surface area contributed by atoms with E-state index < -0.39 is 11.2 Å². The Morgan fingerprint density at radius 2 is 1.88 bits per heavy atom. The highest BCUT2D eigenvalue weighted by Crippen LogP contribution is 2.30. The lowest BCUT2D eigenvalue weighted by Crippen LogP contribution is -2.43. The van der Waals surface area contributed by atoms with E-state index in [0.29, 0.717) is 42.8 Å². The summed E-state index contributed by atoms with van der Waals surface area (Å²) < 4.78 is 20.1. The second-order valence-electron chi connectivity index (χ2n) is 11.7. The number of hydrogen-bond donors (Lipinski definition) is 2. The Hall–Kier alpha value is -3.15. The van der Waals surface area contributed by atoms with Gasteiger partial charge in [0.1, 0.15) is 5.75 Å². The summed E-state index contributed by atoms with van der Waals surface area (Å²) in [6, 6.07) is 8.19. The fourth-order valence-electron chi connectivity index (χ4n) is 5.97. The third-order valence-electron chi connectivity index (χ3n) is 8.54. The van der Waals surface area contributed by atoms with Crippen LogP contribution in [0.2, 0.25) is 0 Å². The smallest absolute Gasteiger partial charge is 0.253 e. The van der Waals surface area contributed by atoms with Gasteiger partial charge >= 0.3 is 0 Å². The Morgan fingerprint density at radius 3 is 2.48 bits per heavy atom. The van der Waals surface area contributed by atoms with Crippen LogP contribution in [0.1, 0.15) is 72.1 Å². The molecule has 2 fully saturated rings. The van der Waals surface area contributed by atoms with Crippen LogP contribution in [0.5, 0.6) is 0 Å². The van der Waals surface area contributed by atoms with Crippen LogP contribution >= 0.6 is 0 Å². The van der Waals surface area contributed by atoms with Crippen molar-refractivity contribution >= 4 is 28.9 Å². The van der Waals surface area contributed by atoms with Crippen LogP contribution in [-0.4, -0.2) is 87.0 Å². The van der Waals surface area contributed by atoms with E-state index in [1.165, 1.54) is 5.56 Å². The number of aryl methyl sites for hydroxylation is 2. The number of carbonyl (C=O) groups is 1. The number of aliphatic imine (C=N–C) groups is 1. The third kappa shape index (κ3) is 7.07. The van der Waals surface area contributed by atoms with Crippen molar-refractivity contribution < 1.29 is 14.1 Å². The number of nitrogens with one attached hydrogen (secondary N) is 2. The molecule has 0 spiro atoms. The zero-order valence-corrected chi connectivity index (χ0v) is 26.0. The number of amides is 1. The highest BCUT2D eigenvalue weighted by atomic mass is 32.2. The molecule has 0 bridgehead atoms. The summed E-state index contributed by atoms with van der Waals surface area (Å²) in [5, 5.41) is 16.8. The lowest BCUT2D eigenvalue weighted by Gasteiger charge is -2.33. The molecule has 0 saturated carbocycles. The van der Waals surface area contributed by atoms with Crippen molar-refractivity contribution in [3.63, 3.8) is 0 Å². The van der Waals surface area contributed by atoms with Crippen LogP contribution in [0.4, 0.5) is 0 Å². The lowest BCUT2D eigenvalue weighted by molar-refractivity contribution is 0.0782. The summed E-state index contributed by atoms with van der Waals surface area (Å²) in [5.74, 6) is 1.79. The number of rotatable bonds is 6. The predicted molar refractivity (Wildman–Crippen MR) is 166 cm³/mol. The monoisotopic (exact) mass is 593 g/mol. The van der Waals surface area contributed by atoms with Crippen LogP contribution in [0.3, 0.4) is 0 Å². The number of nitrogens with zero attached hydrogens (tertiary/aromatic N) is 5. The van der Waals surface area contributed by atoms with E-state index in [-0.39, 0.29) is 17.9 Å². The molecule has 1 atom stereocenters. The minimum Gasteiger partial charge on any atom is -0.611 e. The number of ether oxygens (including phenoxy) is 1. The number of hydrogen-bond acceptors (Lipinski definition) is 5. The fraction of sp³-hybridized carbons (Fsp3) is 0.548. The van der Waals surface area contributed by atoms with Gasteiger partial charge in [0.05, 0.1) is 12.2 Å². The molecule has 5 rings (SSSR count). The fourth-order valence-corrected chi connectivity index (χ4v) is 7.48. The van der Waals surface area contributed by atoms with Crippen LogP contribution in [0.25, 0.3) is 0 Å². The number of amidine groups is 1. The molecule has 2 saturated heterocycles. The molecule has 1 amide bonds. The number of benzene rings is 1. The average Bonchev–Trinajstić information content (AvgIpc) is 3.50. The summed E-state index contributed by atoms with van der Waals surface area (Å²) in [6.45, 7) is 7.36. The highest BCUT2D eigenvalue weighted by Gasteiger charge is 2.33. The topological polar surface area (TPSA) is 122 Å². The zero-order chi connectivity index (χ0) is 29.8. The number of carbonyl (C=O) groups excluding carboxylic acids is 1. The van der Waals surface area contributed by atoms with Crippen molar-refractivity contribution in [1.29, 1.82) is 5.41 Å². The molecule has 0 aliphatic carbocycles. The highest BCUT2D eigenvalue weighted by molar-refractivity contribution is 7.96. The van der Waals surface area contributed by atoms with Crippen LogP contribution < -0.4 is 5.32 Å². The van der Waals surface area contributed by atoms with Crippen molar-refractivity contribution in [2.75, 3.05) is 39.1 Å². The maximum atomic E-state index is 13.0. The summed E-state index contributed by atoms with van der Waals surface area (Å²) in [6.07, 6.45) is 6.32. The van der Waals surface area contributed by atoms with Gasteiger partial charge in [-0.15, -0.1) is 0 Å². The van der Waals surface area contributed by atoms with Crippen LogP contribution in [0, 0.1) is 12.3 Å². The first kappa shape index (κ1) is 30.3. The van der Waals surface area contributed by atoms with Gasteiger partial charge in [0.25, 0.3) is 5.91 Å². The van der Waals surface area contributed by atoms with E-state index in [9.17, 15) is 9.35 Å². The average molecular weight is 594 g/mol. The van der Waals surface area contributed by atoms with E-state index in [1.54, 1.807) is 9.58 Å². The van der Waals surface area contributed by atoms with Crippen molar-refractivity contribution in [2.45, 2.75) is 64.5 Å². The molecule has 11 heteroatoms. The van der Waals surface area contributed by atoms with Gasteiger partial charge in [0.15, 0.2) is 10.7 Å². The van der Waals surface area contributed by atoms with Crippen LogP contribution in [-0.2, 0) is 29.5 Å². The number of aromatic nitrogens is 2. The SMILES string of the molecule is CC1=C(/C(=N\C(=N)N2CCC(c3ccc(C(=O)N(C)Cc4nn(C)cc4C)cc3)CC2)NC2CCOCC2)[S+]([O-])CC1. The molecule has 1 unspecified atom stereocenters. The lowest BCUT2D eigenvalue weighted by atomic mass is 9.89. The molecular weight excluding hydrogens is 550 g/mol. The van der Waals surface area contributed by atoms with Gasteiger partial charge in [0, 0.05) is 64.6 Å². The van der Waals surface area contributed by atoms with Gasteiger partial charge in [-0.3, -0.25) is 14.9 Å². The summed E-state index contributed by atoms with van der Waals surface area (Å²) >= 11 is -1.09. The molecule has 0 radical (unpaired) electrons. The predicted octanol–water partition coefficient (Wildman–Crippen LogP) is 3.71. The summed E-state index contributed by atoms with van der Waals surface area (Å²) in [5.41, 5.74) is 4.96. The second-order valence-corrected chi connectivity index (χ2v) is 13.2.